The molecule has 88 valence electrons. The lowest BCUT2D eigenvalue weighted by molar-refractivity contribution is -0.136. The molecule has 0 fully saturated rings. The minimum atomic E-state index is -2.20. The van der Waals surface area contributed by atoms with E-state index >= 15 is 0 Å². The fourth-order valence-electron chi connectivity index (χ4n) is 0.776. The molecule has 3 N–H and O–H groups in total. The number of amides is 2. The Morgan fingerprint density at radius 3 is 2.33 bits per heavy atom. The Morgan fingerprint density at radius 2 is 2.00 bits per heavy atom. The molecule has 0 saturated carbocycles. The highest BCUT2D eigenvalue weighted by Gasteiger charge is 2.33. The molecular formula is C8H16FN3O2S. The molecule has 2 atom stereocenters. The highest BCUT2D eigenvalue weighted by molar-refractivity contribution is 7.80. The molecule has 0 unspecified atom stereocenters. The number of carbonyl (C=O) groups is 2. The first-order valence-corrected chi connectivity index (χ1v) is 5.03. The number of alkyl halides is 1. The molecule has 7 heteroatoms. The zero-order valence-corrected chi connectivity index (χ0v) is 9.82. The summed E-state index contributed by atoms with van der Waals surface area (Å²) in [6.07, 6.45) is 0. The molecule has 5 nitrogen and oxygen atoms in total. The lowest BCUT2D eigenvalue weighted by Crippen LogP contribution is -2.56. The van der Waals surface area contributed by atoms with Gasteiger partial charge in [-0.25, -0.2) is 4.39 Å². The third-order valence-electron chi connectivity index (χ3n) is 1.95. The van der Waals surface area contributed by atoms with Crippen LogP contribution in [0.5, 0.6) is 0 Å². The van der Waals surface area contributed by atoms with E-state index in [-0.39, 0.29) is 5.75 Å². The van der Waals surface area contributed by atoms with Crippen molar-refractivity contribution >= 4 is 24.4 Å². The Kier molecular flexibility index (Phi) is 5.59. The van der Waals surface area contributed by atoms with E-state index in [4.69, 9.17) is 0 Å². The molecule has 0 saturated heterocycles. The fraction of sp³-hybridized carbons (Fsp3) is 0.750. The Bertz CT molecular complexity index is 248. The summed E-state index contributed by atoms with van der Waals surface area (Å²) < 4.78 is 13.4. The van der Waals surface area contributed by atoms with Crippen molar-refractivity contribution in [3.05, 3.63) is 0 Å². The Morgan fingerprint density at radius 1 is 1.47 bits per heavy atom. The predicted molar refractivity (Wildman–Crippen MR) is 58.4 cm³/mol. The van der Waals surface area contributed by atoms with Gasteiger partial charge < -0.3 is 10.6 Å². The number of thiol groups is 1. The fourth-order valence-corrected chi connectivity index (χ4v) is 1.03. The summed E-state index contributed by atoms with van der Waals surface area (Å²) in [5, 5.41) is 6.78. The van der Waals surface area contributed by atoms with Gasteiger partial charge in [-0.05, 0) is 14.0 Å². The van der Waals surface area contributed by atoms with Crippen LogP contribution in [-0.2, 0) is 9.59 Å². The summed E-state index contributed by atoms with van der Waals surface area (Å²) in [5.41, 5.74) is 0. The second-order valence-corrected chi connectivity index (χ2v) is 3.44. The topological polar surface area (TPSA) is 70.2 Å². The second kappa shape index (κ2) is 5.92. The van der Waals surface area contributed by atoms with Crippen LogP contribution in [0, 0.1) is 0 Å². The highest BCUT2D eigenvalue weighted by Crippen LogP contribution is 2.04. The first-order valence-electron chi connectivity index (χ1n) is 4.40. The Balaban J connectivity index is 4.44. The summed E-state index contributed by atoms with van der Waals surface area (Å²) in [4.78, 5) is 22.5. The van der Waals surface area contributed by atoms with Gasteiger partial charge in [0, 0.05) is 12.8 Å². The summed E-state index contributed by atoms with van der Waals surface area (Å²) in [6.45, 7) is 1.07. The number of halogens is 1. The van der Waals surface area contributed by atoms with E-state index in [1.165, 1.54) is 14.1 Å². The first-order chi connectivity index (χ1) is 6.88. The minimum Gasteiger partial charge on any atom is -0.357 e. The van der Waals surface area contributed by atoms with Crippen LogP contribution in [0.1, 0.15) is 6.92 Å². The number of hydrogen-bond acceptors (Lipinski definition) is 4. The summed E-state index contributed by atoms with van der Waals surface area (Å²) in [7, 11) is 2.74. The quantitative estimate of drug-likeness (QED) is 0.368. The van der Waals surface area contributed by atoms with Crippen LogP contribution in [0.15, 0.2) is 0 Å². The van der Waals surface area contributed by atoms with Crippen LogP contribution in [0.2, 0.25) is 0 Å². The molecule has 0 aliphatic carbocycles. The standard InChI is InChI=1S/C8H16FN3O2S/c1-8(9,11-3)7(14)12-5(4-15)6(13)10-2/h5,11,15H,4H2,1-3H3,(H,10,13)(H,12,14)/t5-,8-/m1/s1. The van der Waals surface area contributed by atoms with E-state index in [9.17, 15) is 14.0 Å². The van der Waals surface area contributed by atoms with Crippen LogP contribution in [-0.4, -0.2) is 43.5 Å². The van der Waals surface area contributed by atoms with Crippen LogP contribution in [0.25, 0.3) is 0 Å². The minimum absolute atomic E-state index is 0.102. The maximum Gasteiger partial charge on any atom is 0.273 e. The third-order valence-corrected chi connectivity index (χ3v) is 2.31. The van der Waals surface area contributed by atoms with Crippen LogP contribution in [0.3, 0.4) is 0 Å². The van der Waals surface area contributed by atoms with Gasteiger partial charge in [-0.15, -0.1) is 0 Å². The van der Waals surface area contributed by atoms with Crippen molar-refractivity contribution in [2.75, 3.05) is 19.8 Å². The van der Waals surface area contributed by atoms with Crippen LogP contribution >= 0.6 is 12.6 Å². The van der Waals surface area contributed by atoms with E-state index in [0.29, 0.717) is 0 Å². The lowest BCUT2D eigenvalue weighted by atomic mass is 10.2. The van der Waals surface area contributed by atoms with Gasteiger partial charge in [0.15, 0.2) is 0 Å². The predicted octanol–water partition coefficient (Wildman–Crippen LogP) is -0.948. The van der Waals surface area contributed by atoms with Crippen molar-refractivity contribution in [1.82, 2.24) is 16.0 Å². The molecule has 15 heavy (non-hydrogen) atoms. The summed E-state index contributed by atoms with van der Waals surface area (Å²) in [5.74, 6) is -3.40. The molecule has 0 aliphatic rings. The van der Waals surface area contributed by atoms with Crippen molar-refractivity contribution < 1.29 is 14.0 Å². The van der Waals surface area contributed by atoms with Gasteiger partial charge in [-0.1, -0.05) is 0 Å². The van der Waals surface area contributed by atoms with Gasteiger partial charge in [0.25, 0.3) is 5.91 Å². The highest BCUT2D eigenvalue weighted by atomic mass is 32.1. The monoisotopic (exact) mass is 237 g/mol. The number of carbonyl (C=O) groups excluding carboxylic acids is 2. The maximum atomic E-state index is 13.4. The van der Waals surface area contributed by atoms with E-state index in [0.717, 1.165) is 6.92 Å². The molecule has 0 aromatic carbocycles. The molecule has 0 aromatic heterocycles. The van der Waals surface area contributed by atoms with Gasteiger partial charge in [-0.2, -0.15) is 12.6 Å². The number of nitrogens with one attached hydrogen (secondary N) is 3. The zero-order valence-electron chi connectivity index (χ0n) is 8.93. The number of likely N-dealkylation sites (N-methyl/N-ethyl adjacent to an activating group) is 2. The van der Waals surface area contributed by atoms with Crippen molar-refractivity contribution in [2.45, 2.75) is 18.8 Å². The molecule has 0 radical (unpaired) electrons. The molecule has 0 spiro atoms. The van der Waals surface area contributed by atoms with Gasteiger partial charge in [0.05, 0.1) is 0 Å². The SMILES string of the molecule is CNC(=O)[C@@H](CS)NC(=O)[C@](C)(F)NC. The molecule has 0 aromatic rings. The molecule has 2 amide bonds. The molecule has 0 heterocycles. The lowest BCUT2D eigenvalue weighted by Gasteiger charge is -2.22. The van der Waals surface area contributed by atoms with E-state index in [1.807, 2.05) is 0 Å². The Hall–Kier alpha value is -0.820. The van der Waals surface area contributed by atoms with Crippen LogP contribution in [0.4, 0.5) is 4.39 Å². The number of hydrogen-bond donors (Lipinski definition) is 4. The zero-order chi connectivity index (χ0) is 12.1. The van der Waals surface area contributed by atoms with Gasteiger partial charge >= 0.3 is 0 Å². The van der Waals surface area contributed by atoms with Gasteiger partial charge in [0.1, 0.15) is 6.04 Å². The van der Waals surface area contributed by atoms with Crippen molar-refractivity contribution in [3.8, 4) is 0 Å². The normalized spacial score (nSPS) is 16.3. The smallest absolute Gasteiger partial charge is 0.273 e. The van der Waals surface area contributed by atoms with Crippen molar-refractivity contribution in [1.29, 1.82) is 0 Å². The molecular weight excluding hydrogens is 221 g/mol. The molecule has 0 rings (SSSR count). The van der Waals surface area contributed by atoms with Crippen molar-refractivity contribution in [3.63, 3.8) is 0 Å². The first kappa shape index (κ1) is 14.2. The molecule has 0 bridgehead atoms. The van der Waals surface area contributed by atoms with E-state index in [2.05, 4.69) is 28.6 Å². The molecule has 0 aliphatic heterocycles. The average molecular weight is 237 g/mol. The van der Waals surface area contributed by atoms with E-state index in [1.54, 1.807) is 0 Å². The van der Waals surface area contributed by atoms with Gasteiger partial charge in [0.2, 0.25) is 11.7 Å². The van der Waals surface area contributed by atoms with Gasteiger partial charge in [-0.3, -0.25) is 14.9 Å². The van der Waals surface area contributed by atoms with Crippen molar-refractivity contribution in [2.24, 2.45) is 0 Å². The second-order valence-electron chi connectivity index (χ2n) is 3.08. The largest absolute Gasteiger partial charge is 0.357 e. The third kappa shape index (κ3) is 4.05. The van der Waals surface area contributed by atoms with Crippen LogP contribution < -0.4 is 16.0 Å². The number of rotatable bonds is 5. The maximum absolute atomic E-state index is 13.4. The summed E-state index contributed by atoms with van der Waals surface area (Å²) in [6, 6.07) is -0.839. The Labute approximate surface area is 93.6 Å². The summed E-state index contributed by atoms with van der Waals surface area (Å²) >= 11 is 3.89. The van der Waals surface area contributed by atoms with E-state index < -0.39 is 23.6 Å². The average Bonchev–Trinajstić information content (AvgIpc) is 2.24.